The lowest BCUT2D eigenvalue weighted by molar-refractivity contribution is 1.10. The van der Waals surface area contributed by atoms with Gasteiger partial charge >= 0.3 is 0 Å². The van der Waals surface area contributed by atoms with Crippen molar-refractivity contribution < 1.29 is 0 Å². The molecule has 7 heteroatoms. The van der Waals surface area contributed by atoms with Crippen molar-refractivity contribution >= 4 is 54.9 Å². The molecule has 202 valence electrons. The first-order chi connectivity index (χ1) is 21.3. The Kier molecular flexibility index (Phi) is 5.27. The Balaban J connectivity index is 1.21. The molecule has 0 atom stereocenters. The third kappa shape index (κ3) is 3.65. The Hall–Kier alpha value is -5.66. The number of hydrogen-bond acceptors (Lipinski definition) is 5. The standard InChI is InChI=1S/C36H22N6S/c1-3-13-30-26(10-1)29-20-23(16-17-32(29)41(30)24-8-6-18-37-21-24)35-39-40-36(43-35)28-12-5-15-33-34(28)27-11-2-4-14-31(27)42(33)25-9-7-19-38-22-25/h1-22H. The lowest BCUT2D eigenvalue weighted by Crippen LogP contribution is -1.93. The van der Waals surface area contributed by atoms with E-state index in [-0.39, 0.29) is 0 Å². The number of fused-ring (bicyclic) bond motifs is 6. The summed E-state index contributed by atoms with van der Waals surface area (Å²) in [5.41, 5.74) is 8.74. The highest BCUT2D eigenvalue weighted by molar-refractivity contribution is 7.18. The van der Waals surface area contributed by atoms with E-state index < -0.39 is 0 Å². The van der Waals surface area contributed by atoms with Gasteiger partial charge in [0.25, 0.3) is 0 Å². The quantitative estimate of drug-likeness (QED) is 0.212. The highest BCUT2D eigenvalue weighted by Gasteiger charge is 2.19. The second-order valence-electron chi connectivity index (χ2n) is 10.5. The van der Waals surface area contributed by atoms with Crippen molar-refractivity contribution in [2.75, 3.05) is 0 Å². The minimum Gasteiger partial charge on any atom is -0.308 e. The fourth-order valence-electron chi connectivity index (χ4n) is 6.28. The van der Waals surface area contributed by atoms with E-state index in [0.29, 0.717) is 0 Å². The van der Waals surface area contributed by atoms with Crippen molar-refractivity contribution in [3.8, 4) is 32.5 Å². The molecule has 0 amide bonds. The van der Waals surface area contributed by atoms with Crippen LogP contribution in [0.2, 0.25) is 0 Å². The normalized spacial score (nSPS) is 11.7. The first-order valence-electron chi connectivity index (χ1n) is 14.1. The summed E-state index contributed by atoms with van der Waals surface area (Å²) in [6.45, 7) is 0. The van der Waals surface area contributed by atoms with E-state index in [2.05, 4.69) is 116 Å². The SMILES string of the molecule is c1cncc(-n2c3ccccc3c3cc(-c4nnc(-c5cccc6c5c5ccccc5n6-c5cccnc5)s4)ccc32)c1. The Bertz CT molecular complexity index is 2460. The van der Waals surface area contributed by atoms with Crippen LogP contribution in [0.3, 0.4) is 0 Å². The third-order valence-corrected chi connectivity index (χ3v) is 9.09. The summed E-state index contributed by atoms with van der Waals surface area (Å²) in [7, 11) is 0. The minimum absolute atomic E-state index is 0.892. The molecule has 6 nitrogen and oxygen atoms in total. The average Bonchev–Trinajstić information content (AvgIpc) is 3.78. The number of aromatic nitrogens is 6. The maximum atomic E-state index is 4.73. The van der Waals surface area contributed by atoms with E-state index in [1.807, 2.05) is 24.5 Å². The molecule has 0 spiro atoms. The van der Waals surface area contributed by atoms with Crippen molar-refractivity contribution in [3.05, 3.63) is 134 Å². The van der Waals surface area contributed by atoms with Gasteiger partial charge in [-0.3, -0.25) is 9.97 Å². The molecule has 0 aliphatic rings. The van der Waals surface area contributed by atoms with Gasteiger partial charge in [-0.15, -0.1) is 10.2 Å². The van der Waals surface area contributed by atoms with Gasteiger partial charge in [0.15, 0.2) is 0 Å². The highest BCUT2D eigenvalue weighted by Crippen LogP contribution is 2.41. The molecule has 0 radical (unpaired) electrons. The minimum atomic E-state index is 0.892. The second-order valence-corrected chi connectivity index (χ2v) is 11.4. The van der Waals surface area contributed by atoms with E-state index in [9.17, 15) is 0 Å². The van der Waals surface area contributed by atoms with Crippen LogP contribution in [0.4, 0.5) is 0 Å². The zero-order valence-corrected chi connectivity index (χ0v) is 23.6. The zero-order valence-electron chi connectivity index (χ0n) is 22.8. The molecule has 0 aliphatic heterocycles. The summed E-state index contributed by atoms with van der Waals surface area (Å²) in [6, 6.07) is 38.1. The Morgan fingerprint density at radius 3 is 1.86 bits per heavy atom. The van der Waals surface area contributed by atoms with Gasteiger partial charge in [-0.05, 0) is 60.7 Å². The first kappa shape index (κ1) is 24.0. The van der Waals surface area contributed by atoms with Crippen LogP contribution < -0.4 is 0 Å². The molecule has 0 saturated heterocycles. The molecule has 9 rings (SSSR count). The molecule has 0 N–H and O–H groups in total. The number of pyridine rings is 2. The molecule has 4 aromatic carbocycles. The van der Waals surface area contributed by atoms with E-state index >= 15 is 0 Å². The van der Waals surface area contributed by atoms with Crippen molar-refractivity contribution in [1.82, 2.24) is 29.3 Å². The molecular formula is C36H22N6S. The van der Waals surface area contributed by atoms with Gasteiger partial charge in [0.05, 0.1) is 45.8 Å². The monoisotopic (exact) mass is 570 g/mol. The van der Waals surface area contributed by atoms with Crippen LogP contribution >= 0.6 is 11.3 Å². The molecule has 0 saturated carbocycles. The highest BCUT2D eigenvalue weighted by atomic mass is 32.1. The smallest absolute Gasteiger partial charge is 0.148 e. The molecule has 43 heavy (non-hydrogen) atoms. The Labute approximate surface area is 250 Å². The van der Waals surface area contributed by atoms with E-state index in [1.165, 1.54) is 21.5 Å². The van der Waals surface area contributed by atoms with Crippen molar-refractivity contribution in [2.24, 2.45) is 0 Å². The van der Waals surface area contributed by atoms with Crippen molar-refractivity contribution in [3.63, 3.8) is 0 Å². The van der Waals surface area contributed by atoms with E-state index in [1.54, 1.807) is 23.7 Å². The summed E-state index contributed by atoms with van der Waals surface area (Å²) in [5, 5.41) is 15.9. The molecule has 0 fully saturated rings. The van der Waals surface area contributed by atoms with Crippen LogP contribution in [-0.4, -0.2) is 29.3 Å². The fraction of sp³-hybridized carbons (Fsp3) is 0. The van der Waals surface area contributed by atoms with Crippen molar-refractivity contribution in [1.29, 1.82) is 0 Å². The zero-order chi connectivity index (χ0) is 28.3. The van der Waals surface area contributed by atoms with Crippen LogP contribution in [0.5, 0.6) is 0 Å². The topological polar surface area (TPSA) is 61.4 Å². The predicted octanol–water partition coefficient (Wildman–Crippen LogP) is 8.86. The van der Waals surface area contributed by atoms with E-state index in [4.69, 9.17) is 10.2 Å². The van der Waals surface area contributed by atoms with Gasteiger partial charge in [-0.2, -0.15) is 0 Å². The summed E-state index contributed by atoms with van der Waals surface area (Å²) >= 11 is 1.62. The van der Waals surface area contributed by atoms with Crippen LogP contribution in [0.1, 0.15) is 0 Å². The molecule has 0 bridgehead atoms. The van der Waals surface area contributed by atoms with E-state index in [0.717, 1.165) is 54.6 Å². The Morgan fingerprint density at radius 2 is 1.12 bits per heavy atom. The van der Waals surface area contributed by atoms with Crippen LogP contribution in [0.15, 0.2) is 134 Å². The summed E-state index contributed by atoms with van der Waals surface area (Å²) in [6.07, 6.45) is 7.42. The van der Waals surface area contributed by atoms with Crippen LogP contribution in [0, 0.1) is 0 Å². The van der Waals surface area contributed by atoms with Gasteiger partial charge in [0, 0.05) is 45.1 Å². The maximum Gasteiger partial charge on any atom is 0.148 e. The first-order valence-corrected chi connectivity index (χ1v) is 14.9. The number of rotatable bonds is 4. The number of hydrogen-bond donors (Lipinski definition) is 0. The maximum absolute atomic E-state index is 4.73. The van der Waals surface area contributed by atoms with Gasteiger partial charge in [-0.25, -0.2) is 0 Å². The lowest BCUT2D eigenvalue weighted by Gasteiger charge is -2.07. The largest absolute Gasteiger partial charge is 0.308 e. The molecule has 0 unspecified atom stereocenters. The second kappa shape index (κ2) is 9.44. The van der Waals surface area contributed by atoms with Gasteiger partial charge in [0.2, 0.25) is 0 Å². The van der Waals surface area contributed by atoms with Gasteiger partial charge in [0.1, 0.15) is 10.0 Å². The summed E-state index contributed by atoms with van der Waals surface area (Å²) < 4.78 is 4.54. The third-order valence-electron chi connectivity index (χ3n) is 8.08. The summed E-state index contributed by atoms with van der Waals surface area (Å²) in [4.78, 5) is 8.75. The Morgan fingerprint density at radius 1 is 0.488 bits per heavy atom. The van der Waals surface area contributed by atoms with Crippen LogP contribution in [-0.2, 0) is 0 Å². The predicted molar refractivity (Wildman–Crippen MR) is 175 cm³/mol. The molecule has 0 aliphatic carbocycles. The molecule has 5 aromatic heterocycles. The lowest BCUT2D eigenvalue weighted by atomic mass is 10.1. The van der Waals surface area contributed by atoms with Gasteiger partial charge < -0.3 is 9.13 Å². The molecular weight excluding hydrogens is 549 g/mol. The van der Waals surface area contributed by atoms with Crippen LogP contribution in [0.25, 0.3) is 76.1 Å². The van der Waals surface area contributed by atoms with Crippen molar-refractivity contribution in [2.45, 2.75) is 0 Å². The average molecular weight is 571 g/mol. The fourth-order valence-corrected chi connectivity index (χ4v) is 7.15. The van der Waals surface area contributed by atoms with Gasteiger partial charge in [-0.1, -0.05) is 59.9 Å². The number of benzene rings is 4. The number of para-hydroxylation sites is 2. The summed E-state index contributed by atoms with van der Waals surface area (Å²) in [5.74, 6) is 0. The molecule has 9 aromatic rings. The number of nitrogens with zero attached hydrogens (tertiary/aromatic N) is 6. The molecule has 5 heterocycles.